The lowest BCUT2D eigenvalue weighted by Crippen LogP contribution is -2.38. The summed E-state index contributed by atoms with van der Waals surface area (Å²) in [6, 6.07) is 9.58. The van der Waals surface area contributed by atoms with E-state index in [9.17, 15) is 14.4 Å². The van der Waals surface area contributed by atoms with Gasteiger partial charge in [0.05, 0.1) is 19.9 Å². The Morgan fingerprint density at radius 1 is 1.10 bits per heavy atom. The lowest BCUT2D eigenvalue weighted by Gasteiger charge is -2.12. The van der Waals surface area contributed by atoms with E-state index in [1.54, 1.807) is 31.2 Å². The van der Waals surface area contributed by atoms with Crippen LogP contribution in [0.15, 0.2) is 52.2 Å². The molecule has 1 heterocycles. The second-order valence-corrected chi connectivity index (χ2v) is 6.46. The number of carbonyl (C=O) groups is 1. The van der Waals surface area contributed by atoms with Gasteiger partial charge < -0.3 is 19.8 Å². The molecule has 0 aliphatic carbocycles. The van der Waals surface area contributed by atoms with Gasteiger partial charge in [-0.05, 0) is 36.8 Å². The molecule has 3 rings (SSSR count). The SMILES string of the molecule is COc1ccc(-n2c(=O)[nH]cc(C(=O)Nc3cccc(Cl)c3C)c2=O)cc1OC. The number of aromatic amines is 1. The Hall–Kier alpha value is -3.52. The van der Waals surface area contributed by atoms with E-state index in [1.807, 2.05) is 0 Å². The van der Waals surface area contributed by atoms with Crippen molar-refractivity contribution in [3.05, 3.63) is 79.6 Å². The number of halogens is 1. The number of anilines is 1. The first-order chi connectivity index (χ1) is 13.9. The number of carbonyl (C=O) groups excluding carboxylic acids is 1. The fourth-order valence-electron chi connectivity index (χ4n) is 2.77. The molecule has 8 nitrogen and oxygen atoms in total. The van der Waals surface area contributed by atoms with Gasteiger partial charge in [0.25, 0.3) is 11.5 Å². The first-order valence-corrected chi connectivity index (χ1v) is 8.88. The maximum atomic E-state index is 12.9. The van der Waals surface area contributed by atoms with Gasteiger partial charge in [0.15, 0.2) is 11.5 Å². The van der Waals surface area contributed by atoms with Gasteiger partial charge in [-0.3, -0.25) is 9.59 Å². The zero-order valence-electron chi connectivity index (χ0n) is 15.9. The zero-order valence-corrected chi connectivity index (χ0v) is 16.7. The highest BCUT2D eigenvalue weighted by Gasteiger charge is 2.18. The van der Waals surface area contributed by atoms with Crippen molar-refractivity contribution in [3.63, 3.8) is 0 Å². The van der Waals surface area contributed by atoms with E-state index in [1.165, 1.54) is 26.4 Å². The molecule has 0 radical (unpaired) electrons. The summed E-state index contributed by atoms with van der Waals surface area (Å²) in [5.41, 5.74) is -0.366. The van der Waals surface area contributed by atoms with Crippen LogP contribution in [0, 0.1) is 6.92 Å². The first-order valence-electron chi connectivity index (χ1n) is 8.51. The van der Waals surface area contributed by atoms with Gasteiger partial charge in [0, 0.05) is 23.0 Å². The number of rotatable bonds is 5. The van der Waals surface area contributed by atoms with Crippen molar-refractivity contribution in [2.45, 2.75) is 6.92 Å². The summed E-state index contributed by atoms with van der Waals surface area (Å²) in [5, 5.41) is 3.12. The van der Waals surface area contributed by atoms with Gasteiger partial charge in [-0.25, -0.2) is 9.36 Å². The van der Waals surface area contributed by atoms with Crippen LogP contribution in [0.25, 0.3) is 5.69 Å². The number of ether oxygens (including phenoxy) is 2. The maximum Gasteiger partial charge on any atom is 0.333 e. The number of hydrogen-bond acceptors (Lipinski definition) is 5. The third-order valence-electron chi connectivity index (χ3n) is 4.36. The predicted octanol–water partition coefficient (Wildman–Crippen LogP) is 2.76. The predicted molar refractivity (Wildman–Crippen MR) is 110 cm³/mol. The molecule has 1 amide bonds. The topological polar surface area (TPSA) is 102 Å². The molecule has 9 heteroatoms. The molecule has 0 saturated carbocycles. The van der Waals surface area contributed by atoms with Gasteiger partial charge in [-0.15, -0.1) is 0 Å². The van der Waals surface area contributed by atoms with E-state index in [0.29, 0.717) is 27.8 Å². The van der Waals surface area contributed by atoms with Crippen LogP contribution >= 0.6 is 11.6 Å². The fourth-order valence-corrected chi connectivity index (χ4v) is 2.94. The van der Waals surface area contributed by atoms with Gasteiger partial charge in [0.1, 0.15) is 5.56 Å². The van der Waals surface area contributed by atoms with Crippen LogP contribution in [0.1, 0.15) is 15.9 Å². The van der Waals surface area contributed by atoms with Crippen LogP contribution in [0.2, 0.25) is 5.02 Å². The number of amides is 1. The van der Waals surface area contributed by atoms with Crippen molar-refractivity contribution < 1.29 is 14.3 Å². The Morgan fingerprint density at radius 2 is 1.83 bits per heavy atom. The summed E-state index contributed by atoms with van der Waals surface area (Å²) in [4.78, 5) is 40.3. The second kappa shape index (κ2) is 8.24. The van der Waals surface area contributed by atoms with Gasteiger partial charge in [-0.2, -0.15) is 0 Å². The van der Waals surface area contributed by atoms with Crippen LogP contribution in [0.5, 0.6) is 11.5 Å². The van der Waals surface area contributed by atoms with Crippen molar-refractivity contribution in [2.24, 2.45) is 0 Å². The van der Waals surface area contributed by atoms with Crippen LogP contribution in [-0.2, 0) is 0 Å². The van der Waals surface area contributed by atoms with Crippen molar-refractivity contribution in [1.29, 1.82) is 0 Å². The lowest BCUT2D eigenvalue weighted by molar-refractivity contribution is 0.102. The van der Waals surface area contributed by atoms with E-state index in [-0.39, 0.29) is 11.3 Å². The molecule has 3 aromatic rings. The highest BCUT2D eigenvalue weighted by molar-refractivity contribution is 6.31. The summed E-state index contributed by atoms with van der Waals surface area (Å²) < 4.78 is 11.2. The minimum absolute atomic E-state index is 0.225. The van der Waals surface area contributed by atoms with Gasteiger partial charge >= 0.3 is 5.69 Å². The van der Waals surface area contributed by atoms with E-state index in [4.69, 9.17) is 21.1 Å². The van der Waals surface area contributed by atoms with Crippen LogP contribution in [-0.4, -0.2) is 29.7 Å². The summed E-state index contributed by atoms with van der Waals surface area (Å²) in [5.74, 6) is 0.0950. The minimum atomic E-state index is -0.779. The molecule has 0 unspecified atom stereocenters. The minimum Gasteiger partial charge on any atom is -0.493 e. The largest absolute Gasteiger partial charge is 0.493 e. The van der Waals surface area contributed by atoms with E-state index in [0.717, 1.165) is 10.8 Å². The number of nitrogens with zero attached hydrogens (tertiary/aromatic N) is 1. The smallest absolute Gasteiger partial charge is 0.333 e. The number of hydrogen-bond donors (Lipinski definition) is 2. The molecule has 0 spiro atoms. The third kappa shape index (κ3) is 3.88. The summed E-state index contributed by atoms with van der Waals surface area (Å²) >= 11 is 6.07. The third-order valence-corrected chi connectivity index (χ3v) is 4.77. The van der Waals surface area contributed by atoms with Crippen molar-refractivity contribution in [1.82, 2.24) is 9.55 Å². The van der Waals surface area contributed by atoms with Crippen molar-refractivity contribution in [2.75, 3.05) is 19.5 Å². The van der Waals surface area contributed by atoms with Crippen LogP contribution < -0.4 is 26.0 Å². The molecule has 2 aromatic carbocycles. The fraction of sp³-hybridized carbons (Fsp3) is 0.150. The maximum absolute atomic E-state index is 12.9. The summed E-state index contributed by atoms with van der Waals surface area (Å²) in [7, 11) is 2.91. The quantitative estimate of drug-likeness (QED) is 0.667. The molecule has 150 valence electrons. The Kier molecular flexibility index (Phi) is 5.74. The molecule has 29 heavy (non-hydrogen) atoms. The Morgan fingerprint density at radius 3 is 2.52 bits per heavy atom. The number of benzene rings is 2. The van der Waals surface area contributed by atoms with E-state index >= 15 is 0 Å². The standard InChI is InChI=1S/C20H18ClN3O5/c1-11-14(21)5-4-6-15(11)23-18(25)13-10-22-20(27)24(19(13)26)12-7-8-16(28-2)17(9-12)29-3/h4-10H,1-3H3,(H,22,27)(H,23,25). The molecule has 0 aliphatic rings. The number of aromatic nitrogens is 2. The zero-order chi connectivity index (χ0) is 21.1. The highest BCUT2D eigenvalue weighted by Crippen LogP contribution is 2.28. The Balaban J connectivity index is 2.06. The average molecular weight is 416 g/mol. The molecular weight excluding hydrogens is 398 g/mol. The average Bonchev–Trinajstić information content (AvgIpc) is 2.71. The molecule has 0 aliphatic heterocycles. The summed E-state index contributed by atoms with van der Waals surface area (Å²) in [6.45, 7) is 1.74. The number of nitrogens with one attached hydrogen (secondary N) is 2. The number of methoxy groups -OCH3 is 2. The van der Waals surface area contributed by atoms with Crippen LogP contribution in [0.3, 0.4) is 0 Å². The molecule has 0 saturated heterocycles. The summed E-state index contributed by atoms with van der Waals surface area (Å²) in [6.07, 6.45) is 1.08. The normalized spacial score (nSPS) is 10.5. The molecule has 0 bridgehead atoms. The highest BCUT2D eigenvalue weighted by atomic mass is 35.5. The van der Waals surface area contributed by atoms with E-state index in [2.05, 4.69) is 10.3 Å². The Bertz CT molecular complexity index is 1200. The lowest BCUT2D eigenvalue weighted by atomic mass is 10.2. The number of H-pyrrole nitrogens is 1. The van der Waals surface area contributed by atoms with Crippen molar-refractivity contribution in [3.8, 4) is 17.2 Å². The van der Waals surface area contributed by atoms with Gasteiger partial charge in [0.2, 0.25) is 0 Å². The molecule has 0 atom stereocenters. The van der Waals surface area contributed by atoms with Crippen LogP contribution in [0.4, 0.5) is 5.69 Å². The first kappa shape index (κ1) is 20.2. The molecule has 2 N–H and O–H groups in total. The monoisotopic (exact) mass is 415 g/mol. The van der Waals surface area contributed by atoms with E-state index < -0.39 is 17.2 Å². The second-order valence-electron chi connectivity index (χ2n) is 6.05. The molecule has 0 fully saturated rings. The molecule has 1 aromatic heterocycles. The van der Waals surface area contributed by atoms with Gasteiger partial charge in [-0.1, -0.05) is 17.7 Å². The Labute approximate surface area is 170 Å². The molecular formula is C20H18ClN3O5. The van der Waals surface area contributed by atoms with Crippen molar-refractivity contribution >= 4 is 23.2 Å².